The summed E-state index contributed by atoms with van der Waals surface area (Å²) in [5, 5.41) is 7.82. The van der Waals surface area contributed by atoms with Crippen molar-refractivity contribution in [3.63, 3.8) is 0 Å². The van der Waals surface area contributed by atoms with Crippen molar-refractivity contribution in [3.8, 4) is 0 Å². The van der Waals surface area contributed by atoms with Gasteiger partial charge in [-0.1, -0.05) is 18.2 Å². The summed E-state index contributed by atoms with van der Waals surface area (Å²) < 4.78 is 0. The molecule has 2 N–H and O–H groups in total. The van der Waals surface area contributed by atoms with Gasteiger partial charge < -0.3 is 10.6 Å². The fraction of sp³-hybridized carbons (Fsp3) is 0.727. The van der Waals surface area contributed by atoms with Gasteiger partial charge in [0, 0.05) is 23.4 Å². The molecule has 1 heterocycles. The van der Waals surface area contributed by atoms with Gasteiger partial charge in [-0.25, -0.2) is 4.99 Å². The molecule has 1 rings (SSSR count). The van der Waals surface area contributed by atoms with E-state index in [2.05, 4.69) is 29.1 Å². The molecule has 0 aromatic heterocycles. The highest BCUT2D eigenvalue weighted by molar-refractivity contribution is 14.0. The molecule has 0 spiro atoms. The van der Waals surface area contributed by atoms with Gasteiger partial charge in [-0.05, 0) is 25.5 Å². The van der Waals surface area contributed by atoms with Gasteiger partial charge in [-0.3, -0.25) is 0 Å². The summed E-state index contributed by atoms with van der Waals surface area (Å²) in [6.45, 7) is 7.98. The predicted octanol–water partition coefficient (Wildman–Crippen LogP) is 2.81. The average Bonchev–Trinajstić information content (AvgIpc) is 2.75. The number of thioether (sulfide) groups is 1. The van der Waals surface area contributed by atoms with E-state index in [1.54, 1.807) is 0 Å². The van der Waals surface area contributed by atoms with Crippen molar-refractivity contribution in [1.29, 1.82) is 0 Å². The first kappa shape index (κ1) is 17.4. The molecule has 3 nitrogen and oxygen atoms in total. The molecule has 17 heavy (non-hydrogen) atoms. The van der Waals surface area contributed by atoms with Gasteiger partial charge in [0.25, 0.3) is 0 Å². The Morgan fingerprint density at radius 3 is 2.82 bits per heavy atom. The molecule has 1 fully saturated rings. The van der Waals surface area contributed by atoms with E-state index in [0.29, 0.717) is 11.6 Å². The lowest BCUT2D eigenvalue weighted by Gasteiger charge is -2.14. The molecular formula is C11H21ClIN3S. The van der Waals surface area contributed by atoms with Crippen molar-refractivity contribution in [2.24, 2.45) is 4.99 Å². The molecule has 0 saturated carbocycles. The molecule has 1 saturated heterocycles. The summed E-state index contributed by atoms with van der Waals surface area (Å²) in [5.41, 5.74) is 0. The third-order valence-electron chi connectivity index (χ3n) is 2.27. The van der Waals surface area contributed by atoms with Gasteiger partial charge >= 0.3 is 0 Å². The zero-order valence-electron chi connectivity index (χ0n) is 10.2. The van der Waals surface area contributed by atoms with Crippen molar-refractivity contribution in [2.45, 2.75) is 25.0 Å². The maximum atomic E-state index is 5.69. The summed E-state index contributed by atoms with van der Waals surface area (Å²) in [7, 11) is 0. The van der Waals surface area contributed by atoms with Gasteiger partial charge in [0.1, 0.15) is 0 Å². The molecule has 1 aliphatic heterocycles. The number of rotatable bonds is 5. The van der Waals surface area contributed by atoms with Gasteiger partial charge in [0.2, 0.25) is 0 Å². The van der Waals surface area contributed by atoms with Crippen LogP contribution >= 0.6 is 47.3 Å². The third kappa shape index (κ3) is 8.15. The van der Waals surface area contributed by atoms with Crippen molar-refractivity contribution in [1.82, 2.24) is 10.6 Å². The summed E-state index contributed by atoms with van der Waals surface area (Å²) in [6.07, 6.45) is 2.64. The average molecular weight is 390 g/mol. The number of halogens is 2. The maximum absolute atomic E-state index is 5.69. The van der Waals surface area contributed by atoms with Crippen LogP contribution in [0.4, 0.5) is 0 Å². The lowest BCUT2D eigenvalue weighted by Crippen LogP contribution is -2.40. The fourth-order valence-electron chi connectivity index (χ4n) is 1.52. The quantitative estimate of drug-likeness (QED) is 0.431. The van der Waals surface area contributed by atoms with E-state index in [-0.39, 0.29) is 24.0 Å². The Hall–Kier alpha value is 0.380. The Morgan fingerprint density at radius 1 is 1.53 bits per heavy atom. The topological polar surface area (TPSA) is 36.4 Å². The minimum atomic E-state index is 0. The minimum absolute atomic E-state index is 0. The normalized spacial score (nSPS) is 19.6. The first-order chi connectivity index (χ1) is 7.72. The van der Waals surface area contributed by atoms with Crippen LogP contribution < -0.4 is 10.6 Å². The Morgan fingerprint density at radius 2 is 2.29 bits per heavy atom. The largest absolute Gasteiger partial charge is 0.357 e. The van der Waals surface area contributed by atoms with Crippen molar-refractivity contribution in [3.05, 3.63) is 11.6 Å². The van der Waals surface area contributed by atoms with E-state index in [1.165, 1.54) is 18.6 Å². The first-order valence-electron chi connectivity index (χ1n) is 5.69. The molecule has 0 aromatic carbocycles. The molecule has 0 aromatic rings. The molecule has 0 aliphatic carbocycles. The smallest absolute Gasteiger partial charge is 0.191 e. The van der Waals surface area contributed by atoms with Crippen LogP contribution in [0, 0.1) is 0 Å². The highest BCUT2D eigenvalue weighted by Crippen LogP contribution is 2.25. The SMILES string of the molecule is C=C(Cl)CN=C(NCC)NCC1CCCS1.I. The third-order valence-corrected chi connectivity index (χ3v) is 3.79. The van der Waals surface area contributed by atoms with Crippen LogP contribution in [0.5, 0.6) is 0 Å². The van der Waals surface area contributed by atoms with Crippen molar-refractivity contribution < 1.29 is 0 Å². The number of nitrogens with zero attached hydrogens (tertiary/aromatic N) is 1. The monoisotopic (exact) mass is 389 g/mol. The zero-order valence-corrected chi connectivity index (χ0v) is 14.1. The molecule has 100 valence electrons. The van der Waals surface area contributed by atoms with Crippen LogP contribution in [0.2, 0.25) is 0 Å². The maximum Gasteiger partial charge on any atom is 0.191 e. The predicted molar refractivity (Wildman–Crippen MR) is 89.9 cm³/mol. The molecule has 6 heteroatoms. The highest BCUT2D eigenvalue weighted by Gasteiger charge is 2.15. The lowest BCUT2D eigenvalue weighted by molar-refractivity contribution is 0.729. The Kier molecular flexibility index (Phi) is 10.5. The molecular weight excluding hydrogens is 369 g/mol. The molecule has 1 atom stereocenters. The standard InChI is InChI=1S/C11H20ClN3S.HI/c1-3-13-11(14-7-9(2)12)15-8-10-5-4-6-16-10;/h10H,2-8H2,1H3,(H2,13,14,15);1H. The van der Waals surface area contributed by atoms with Crippen LogP contribution in [-0.2, 0) is 0 Å². The van der Waals surface area contributed by atoms with Crippen LogP contribution in [0.1, 0.15) is 19.8 Å². The van der Waals surface area contributed by atoms with Crippen molar-refractivity contribution >= 4 is 53.3 Å². The number of hydrogen-bond acceptors (Lipinski definition) is 2. The van der Waals surface area contributed by atoms with Gasteiger partial charge in [-0.15, -0.1) is 24.0 Å². The number of nitrogens with one attached hydrogen (secondary N) is 2. The summed E-state index contributed by atoms with van der Waals surface area (Å²) in [5.74, 6) is 2.12. The molecule has 0 amide bonds. The second-order valence-corrected chi connectivity index (χ2v) is 5.67. The number of guanidine groups is 1. The first-order valence-corrected chi connectivity index (χ1v) is 7.12. The van der Waals surface area contributed by atoms with E-state index in [4.69, 9.17) is 11.6 Å². The van der Waals surface area contributed by atoms with Gasteiger partial charge in [0.15, 0.2) is 5.96 Å². The van der Waals surface area contributed by atoms with Crippen LogP contribution in [0.25, 0.3) is 0 Å². The minimum Gasteiger partial charge on any atom is -0.357 e. The van der Waals surface area contributed by atoms with Crippen LogP contribution in [0.15, 0.2) is 16.6 Å². The molecule has 0 radical (unpaired) electrons. The van der Waals surface area contributed by atoms with E-state index < -0.39 is 0 Å². The van der Waals surface area contributed by atoms with E-state index >= 15 is 0 Å². The Balaban J connectivity index is 0.00000256. The van der Waals surface area contributed by atoms with E-state index in [1.807, 2.05) is 11.8 Å². The highest BCUT2D eigenvalue weighted by atomic mass is 127. The van der Waals surface area contributed by atoms with Gasteiger partial charge in [-0.2, -0.15) is 11.8 Å². The second kappa shape index (κ2) is 10.3. The molecule has 0 bridgehead atoms. The second-order valence-electron chi connectivity index (χ2n) is 3.73. The number of aliphatic imine (C=N–C) groups is 1. The van der Waals surface area contributed by atoms with Crippen LogP contribution in [-0.4, -0.2) is 36.6 Å². The fourth-order valence-corrected chi connectivity index (χ4v) is 2.78. The van der Waals surface area contributed by atoms with Gasteiger partial charge in [0.05, 0.1) is 6.54 Å². The molecule has 1 unspecified atom stereocenters. The van der Waals surface area contributed by atoms with E-state index in [0.717, 1.165) is 24.3 Å². The van der Waals surface area contributed by atoms with Crippen LogP contribution in [0.3, 0.4) is 0 Å². The molecule has 1 aliphatic rings. The number of hydrogen-bond donors (Lipinski definition) is 2. The summed E-state index contributed by atoms with van der Waals surface area (Å²) in [6, 6.07) is 0. The Bertz CT molecular complexity index is 255. The zero-order chi connectivity index (χ0) is 11.8. The van der Waals surface area contributed by atoms with E-state index in [9.17, 15) is 0 Å². The van der Waals surface area contributed by atoms with Crippen molar-refractivity contribution in [2.75, 3.05) is 25.4 Å². The summed E-state index contributed by atoms with van der Waals surface area (Å²) >= 11 is 7.73. The Labute approximate surface area is 130 Å². The summed E-state index contributed by atoms with van der Waals surface area (Å²) in [4.78, 5) is 4.33. The lowest BCUT2D eigenvalue weighted by atomic mass is 10.2.